The van der Waals surface area contributed by atoms with Crippen LogP contribution in [-0.4, -0.2) is 14.5 Å². The second-order valence-electron chi connectivity index (χ2n) is 10.3. The van der Waals surface area contributed by atoms with Crippen molar-refractivity contribution in [2.24, 2.45) is 0 Å². The molecule has 0 saturated heterocycles. The summed E-state index contributed by atoms with van der Waals surface area (Å²) in [6.07, 6.45) is 0. The number of para-hydroxylation sites is 2. The summed E-state index contributed by atoms with van der Waals surface area (Å²) < 4.78 is 2.40. The summed E-state index contributed by atoms with van der Waals surface area (Å²) in [5.41, 5.74) is 7.51. The van der Waals surface area contributed by atoms with Crippen LogP contribution in [-0.2, 0) is 0 Å². The minimum atomic E-state index is 0.721. The largest absolute Gasteiger partial charge is 0.309 e. The quantitative estimate of drug-likeness (QED) is 0.198. The molecule has 0 atom stereocenters. The molecule has 0 unspecified atom stereocenters. The lowest BCUT2D eigenvalue weighted by atomic mass is 10.1. The minimum absolute atomic E-state index is 0.721. The Hall–Kier alpha value is -5.19. The van der Waals surface area contributed by atoms with Crippen molar-refractivity contribution in [1.82, 2.24) is 14.5 Å². The average Bonchev–Trinajstić information content (AvgIpc) is 3.39. The Morgan fingerprint density at radius 3 is 1.55 bits per heavy atom. The molecule has 0 bridgehead atoms. The van der Waals surface area contributed by atoms with Crippen molar-refractivity contribution in [3.8, 4) is 28.2 Å². The molecule has 2 aromatic heterocycles. The van der Waals surface area contributed by atoms with E-state index in [1.807, 2.05) is 36.4 Å². The van der Waals surface area contributed by atoms with Crippen molar-refractivity contribution in [3.05, 3.63) is 152 Å². The molecule has 0 N–H and O–H groups in total. The number of benzene rings is 6. The van der Waals surface area contributed by atoms with Crippen molar-refractivity contribution in [3.63, 3.8) is 0 Å². The summed E-state index contributed by atoms with van der Waals surface area (Å²) in [7, 11) is 0. The Bertz CT molecular complexity index is 2110. The van der Waals surface area contributed by atoms with Crippen molar-refractivity contribution in [2.75, 3.05) is 0 Å². The molecule has 0 fully saturated rings. The first kappa shape index (κ1) is 24.6. The van der Waals surface area contributed by atoms with Gasteiger partial charge in [0.05, 0.1) is 28.1 Å². The molecule has 8 rings (SSSR count). The van der Waals surface area contributed by atoms with Crippen LogP contribution in [0.3, 0.4) is 0 Å². The van der Waals surface area contributed by atoms with Crippen molar-refractivity contribution in [1.29, 1.82) is 0 Å². The second-order valence-corrected chi connectivity index (χ2v) is 11.3. The summed E-state index contributed by atoms with van der Waals surface area (Å²) in [5, 5.41) is 5.61. The molecule has 198 valence electrons. The molecule has 3 nitrogen and oxygen atoms in total. The van der Waals surface area contributed by atoms with Gasteiger partial charge in [0.1, 0.15) is 0 Å². The zero-order chi connectivity index (χ0) is 27.9. The highest BCUT2D eigenvalue weighted by Gasteiger charge is 2.16. The molecule has 0 radical (unpaired) electrons. The lowest BCUT2D eigenvalue weighted by Gasteiger charge is -2.14. The van der Waals surface area contributed by atoms with E-state index in [1.54, 1.807) is 11.8 Å². The van der Waals surface area contributed by atoms with Gasteiger partial charge in [-0.15, -0.1) is 0 Å². The zero-order valence-electron chi connectivity index (χ0n) is 22.7. The minimum Gasteiger partial charge on any atom is -0.309 e. The highest BCUT2D eigenvalue weighted by molar-refractivity contribution is 7.99. The van der Waals surface area contributed by atoms with Gasteiger partial charge in [0.2, 0.25) is 0 Å². The highest BCUT2D eigenvalue weighted by Crippen LogP contribution is 2.38. The molecule has 2 heterocycles. The third-order valence-electron chi connectivity index (χ3n) is 7.69. The van der Waals surface area contributed by atoms with Crippen LogP contribution in [0.5, 0.6) is 0 Å². The van der Waals surface area contributed by atoms with Crippen molar-refractivity contribution < 1.29 is 0 Å². The number of nitrogens with zero attached hydrogens (tertiary/aromatic N) is 3. The third kappa shape index (κ3) is 4.33. The summed E-state index contributed by atoms with van der Waals surface area (Å²) in [6.45, 7) is 0. The second kappa shape index (κ2) is 10.3. The van der Waals surface area contributed by atoms with E-state index in [-0.39, 0.29) is 0 Å². The predicted molar refractivity (Wildman–Crippen MR) is 175 cm³/mol. The molecule has 42 heavy (non-hydrogen) atoms. The fraction of sp³-hybridized carbons (Fsp3) is 0. The number of hydrogen-bond donors (Lipinski definition) is 0. The van der Waals surface area contributed by atoms with Gasteiger partial charge in [-0.25, -0.2) is 9.97 Å². The number of hydrogen-bond acceptors (Lipinski definition) is 3. The molecule has 0 saturated carbocycles. The molecule has 0 aliphatic carbocycles. The van der Waals surface area contributed by atoms with Crippen LogP contribution in [0.2, 0.25) is 0 Å². The first-order valence-corrected chi connectivity index (χ1v) is 14.8. The summed E-state index contributed by atoms with van der Waals surface area (Å²) in [6, 6.07) is 53.2. The van der Waals surface area contributed by atoms with Gasteiger partial charge < -0.3 is 4.57 Å². The van der Waals surface area contributed by atoms with Crippen molar-refractivity contribution >= 4 is 44.3 Å². The lowest BCUT2D eigenvalue weighted by Crippen LogP contribution is -1.97. The van der Waals surface area contributed by atoms with E-state index < -0.39 is 0 Å². The molecule has 6 aromatic carbocycles. The topological polar surface area (TPSA) is 30.7 Å². The van der Waals surface area contributed by atoms with Crippen LogP contribution in [0.25, 0.3) is 60.8 Å². The van der Waals surface area contributed by atoms with E-state index in [1.165, 1.54) is 32.6 Å². The molecular formula is C38H25N3S. The number of aromatic nitrogens is 3. The van der Waals surface area contributed by atoms with Crippen LogP contribution in [0.4, 0.5) is 0 Å². The molecule has 0 aliphatic rings. The Balaban J connectivity index is 1.33. The fourth-order valence-electron chi connectivity index (χ4n) is 5.78. The summed E-state index contributed by atoms with van der Waals surface area (Å²) in [4.78, 5) is 11.2. The van der Waals surface area contributed by atoms with Gasteiger partial charge in [-0.2, -0.15) is 0 Å². The molecule has 0 aliphatic heterocycles. The predicted octanol–water partition coefficient (Wildman–Crippen LogP) is 10.2. The monoisotopic (exact) mass is 555 g/mol. The standard InChI is InChI=1S/C38H25N3S/c1-3-13-26(14-4-1)33-25-34(27-15-5-2-6-16-27)40-38(39-33)42-29-23-28-17-7-8-18-30(28)37(24-29)41-35-21-11-9-19-31(35)32-20-10-12-22-36(32)41/h1-25H. The molecule has 0 amide bonds. The number of rotatable bonds is 5. The van der Waals surface area contributed by atoms with Crippen molar-refractivity contribution in [2.45, 2.75) is 10.1 Å². The Morgan fingerprint density at radius 2 is 0.952 bits per heavy atom. The molecule has 4 heteroatoms. The normalized spacial score (nSPS) is 11.4. The zero-order valence-corrected chi connectivity index (χ0v) is 23.5. The van der Waals surface area contributed by atoms with E-state index in [2.05, 4.69) is 120 Å². The van der Waals surface area contributed by atoms with Gasteiger partial charge in [0.15, 0.2) is 5.16 Å². The van der Waals surface area contributed by atoms with Gasteiger partial charge >= 0.3 is 0 Å². The maximum Gasteiger partial charge on any atom is 0.193 e. The Morgan fingerprint density at radius 1 is 0.452 bits per heavy atom. The maximum atomic E-state index is 5.04. The van der Waals surface area contributed by atoms with Crippen LogP contribution in [0, 0.1) is 0 Å². The van der Waals surface area contributed by atoms with Gasteiger partial charge in [-0.3, -0.25) is 0 Å². The Kier molecular flexibility index (Phi) is 6.05. The van der Waals surface area contributed by atoms with Gasteiger partial charge in [-0.05, 0) is 47.5 Å². The smallest absolute Gasteiger partial charge is 0.193 e. The van der Waals surface area contributed by atoms with Gasteiger partial charge in [0.25, 0.3) is 0 Å². The van der Waals surface area contributed by atoms with Crippen LogP contribution in [0.1, 0.15) is 0 Å². The van der Waals surface area contributed by atoms with Crippen LogP contribution >= 0.6 is 11.8 Å². The van der Waals surface area contributed by atoms with E-state index in [0.29, 0.717) is 0 Å². The lowest BCUT2D eigenvalue weighted by molar-refractivity contribution is 0.978. The van der Waals surface area contributed by atoms with E-state index in [0.717, 1.165) is 38.3 Å². The average molecular weight is 556 g/mol. The first-order chi connectivity index (χ1) is 20.8. The van der Waals surface area contributed by atoms with E-state index in [9.17, 15) is 0 Å². The fourth-order valence-corrected chi connectivity index (χ4v) is 6.63. The first-order valence-electron chi connectivity index (χ1n) is 14.0. The SMILES string of the molecule is c1ccc(-c2cc(-c3ccccc3)nc(Sc3cc(-n4c5ccccc5c5ccccc54)c4ccccc4c3)n2)cc1. The highest BCUT2D eigenvalue weighted by atomic mass is 32.2. The third-order valence-corrected chi connectivity index (χ3v) is 8.52. The van der Waals surface area contributed by atoms with E-state index in [4.69, 9.17) is 9.97 Å². The molecule has 8 aromatic rings. The molecule has 0 spiro atoms. The van der Waals surface area contributed by atoms with Gasteiger partial charge in [-0.1, -0.05) is 121 Å². The molecular weight excluding hydrogens is 531 g/mol. The van der Waals surface area contributed by atoms with Crippen LogP contribution in [0.15, 0.2) is 162 Å². The van der Waals surface area contributed by atoms with E-state index >= 15 is 0 Å². The maximum absolute atomic E-state index is 5.04. The Labute approximate surface area is 248 Å². The van der Waals surface area contributed by atoms with Gasteiger partial charge in [0, 0.05) is 32.2 Å². The number of fused-ring (bicyclic) bond motifs is 4. The van der Waals surface area contributed by atoms with Crippen LogP contribution < -0.4 is 0 Å². The summed E-state index contributed by atoms with van der Waals surface area (Å²) >= 11 is 1.61. The summed E-state index contributed by atoms with van der Waals surface area (Å²) in [5.74, 6) is 0.